The number of carbonyl (C=O) groups excluding carboxylic acids is 1. The number of aliphatic hydroxyl groups excluding tert-OH is 1. The van der Waals surface area contributed by atoms with Crippen LogP contribution in [0.3, 0.4) is 0 Å². The molecule has 0 aromatic heterocycles. The van der Waals surface area contributed by atoms with Crippen LogP contribution in [0, 0.1) is 11.3 Å². The van der Waals surface area contributed by atoms with E-state index in [2.05, 4.69) is 27.7 Å². The summed E-state index contributed by atoms with van der Waals surface area (Å²) in [5.41, 5.74) is 0.287. The Balaban J connectivity index is 2.44. The third-order valence-electron chi connectivity index (χ3n) is 3.64. The van der Waals surface area contributed by atoms with E-state index >= 15 is 0 Å². The topological polar surface area (TPSA) is 40.5 Å². The summed E-state index contributed by atoms with van der Waals surface area (Å²) in [7, 11) is 0. The van der Waals surface area contributed by atoms with Crippen molar-refractivity contribution in [1.82, 2.24) is 4.90 Å². The second kappa shape index (κ2) is 6.55. The number of hydrogen-bond donors (Lipinski definition) is 1. The lowest BCUT2D eigenvalue weighted by molar-refractivity contribution is -0.133. The molecule has 1 heterocycles. The number of likely N-dealkylation sites (tertiary alicyclic amines) is 1. The first kappa shape index (κ1) is 15.5. The van der Waals surface area contributed by atoms with E-state index < -0.39 is 0 Å². The Kier molecular flexibility index (Phi) is 5.64. The van der Waals surface area contributed by atoms with Crippen molar-refractivity contribution in [3.05, 3.63) is 0 Å². The molecule has 1 saturated heterocycles. The molecule has 0 radical (unpaired) electrons. The van der Waals surface area contributed by atoms with Crippen molar-refractivity contribution >= 4 is 5.91 Å². The summed E-state index contributed by atoms with van der Waals surface area (Å²) < 4.78 is 0. The molecular formula is C15H29NO2. The minimum absolute atomic E-state index is 0.186. The van der Waals surface area contributed by atoms with E-state index in [0.717, 1.165) is 32.2 Å². The highest BCUT2D eigenvalue weighted by molar-refractivity contribution is 5.77. The van der Waals surface area contributed by atoms with Crippen LogP contribution in [0.25, 0.3) is 0 Å². The van der Waals surface area contributed by atoms with Crippen molar-refractivity contribution in [2.24, 2.45) is 11.3 Å². The average Bonchev–Trinajstić information content (AvgIpc) is 2.63. The van der Waals surface area contributed by atoms with E-state index in [4.69, 9.17) is 5.11 Å². The predicted octanol–water partition coefficient (Wildman–Crippen LogP) is 2.82. The summed E-state index contributed by atoms with van der Waals surface area (Å²) in [5.74, 6) is 0.718. The summed E-state index contributed by atoms with van der Waals surface area (Å²) in [4.78, 5) is 14.3. The first-order chi connectivity index (χ1) is 8.33. The lowest BCUT2D eigenvalue weighted by atomic mass is 9.84. The normalized spacial score (nSPS) is 22.3. The van der Waals surface area contributed by atoms with Gasteiger partial charge in [0.2, 0.25) is 5.91 Å². The van der Waals surface area contributed by atoms with Crippen molar-refractivity contribution in [1.29, 1.82) is 0 Å². The molecule has 0 bridgehead atoms. The Labute approximate surface area is 112 Å². The highest BCUT2D eigenvalue weighted by Gasteiger charge is 2.29. The van der Waals surface area contributed by atoms with Gasteiger partial charge in [-0.25, -0.2) is 0 Å². The van der Waals surface area contributed by atoms with Gasteiger partial charge in [-0.3, -0.25) is 4.79 Å². The Hall–Kier alpha value is -0.570. The molecule has 2 unspecified atom stereocenters. The van der Waals surface area contributed by atoms with Gasteiger partial charge < -0.3 is 10.0 Å². The number of nitrogens with zero attached hydrogens (tertiary/aromatic N) is 1. The Morgan fingerprint density at radius 1 is 1.44 bits per heavy atom. The van der Waals surface area contributed by atoms with E-state index in [0.29, 0.717) is 12.3 Å². The fraction of sp³-hybridized carbons (Fsp3) is 0.933. The Morgan fingerprint density at radius 3 is 2.67 bits per heavy atom. The monoisotopic (exact) mass is 255 g/mol. The molecule has 3 nitrogen and oxygen atoms in total. The van der Waals surface area contributed by atoms with Gasteiger partial charge in [-0.2, -0.15) is 0 Å². The van der Waals surface area contributed by atoms with Gasteiger partial charge in [0.15, 0.2) is 0 Å². The van der Waals surface area contributed by atoms with Crippen molar-refractivity contribution in [3.63, 3.8) is 0 Å². The first-order valence-electron chi connectivity index (χ1n) is 7.24. The molecule has 1 rings (SSSR count). The Bertz CT molecular complexity index is 270. The standard InChI is InChI=1S/C15H29NO2/c1-12(11-15(2,3)4)10-14(18)16-8-5-6-13(16)7-9-17/h12-13,17H,5-11H2,1-4H3. The van der Waals surface area contributed by atoms with Gasteiger partial charge in [-0.1, -0.05) is 27.7 Å². The van der Waals surface area contributed by atoms with Gasteiger partial charge in [-0.05, 0) is 37.0 Å². The SMILES string of the molecule is CC(CC(=O)N1CCCC1CCO)CC(C)(C)C. The molecule has 3 heteroatoms. The number of rotatable bonds is 5. The largest absolute Gasteiger partial charge is 0.396 e. The van der Waals surface area contributed by atoms with Crippen LogP contribution in [0.2, 0.25) is 0 Å². The van der Waals surface area contributed by atoms with Crippen LogP contribution in [-0.4, -0.2) is 35.1 Å². The summed E-state index contributed by atoms with van der Waals surface area (Å²) in [6.07, 6.45) is 4.61. The van der Waals surface area contributed by atoms with Crippen LogP contribution in [0.5, 0.6) is 0 Å². The van der Waals surface area contributed by atoms with Crippen molar-refractivity contribution < 1.29 is 9.90 Å². The zero-order valence-electron chi connectivity index (χ0n) is 12.4. The van der Waals surface area contributed by atoms with Crippen LogP contribution >= 0.6 is 0 Å². The zero-order chi connectivity index (χ0) is 13.8. The molecule has 1 aliphatic rings. The van der Waals surface area contributed by atoms with Gasteiger partial charge in [0.25, 0.3) is 0 Å². The maximum Gasteiger partial charge on any atom is 0.223 e. The summed E-state index contributed by atoms with van der Waals surface area (Å²) >= 11 is 0. The quantitative estimate of drug-likeness (QED) is 0.820. The van der Waals surface area contributed by atoms with Crippen LogP contribution < -0.4 is 0 Å². The molecular weight excluding hydrogens is 226 g/mol. The molecule has 0 aliphatic carbocycles. The molecule has 106 valence electrons. The molecule has 1 aliphatic heterocycles. The average molecular weight is 255 g/mol. The van der Waals surface area contributed by atoms with Gasteiger partial charge in [0, 0.05) is 25.6 Å². The van der Waals surface area contributed by atoms with E-state index in [1.165, 1.54) is 0 Å². The van der Waals surface area contributed by atoms with E-state index in [9.17, 15) is 4.79 Å². The van der Waals surface area contributed by atoms with Gasteiger partial charge in [0.05, 0.1) is 0 Å². The molecule has 1 amide bonds. The number of amides is 1. The molecule has 0 aromatic carbocycles. The van der Waals surface area contributed by atoms with Crippen molar-refractivity contribution in [3.8, 4) is 0 Å². The van der Waals surface area contributed by atoms with Crippen LogP contribution in [-0.2, 0) is 4.79 Å². The highest BCUT2D eigenvalue weighted by Crippen LogP contribution is 2.28. The third-order valence-corrected chi connectivity index (χ3v) is 3.64. The second-order valence-corrected chi connectivity index (χ2v) is 6.97. The van der Waals surface area contributed by atoms with Gasteiger partial charge in [0.1, 0.15) is 0 Å². The fourth-order valence-corrected chi connectivity index (χ4v) is 3.15. The minimum Gasteiger partial charge on any atom is -0.396 e. The number of carbonyl (C=O) groups is 1. The van der Waals surface area contributed by atoms with E-state index in [1.807, 2.05) is 4.90 Å². The molecule has 0 saturated carbocycles. The van der Waals surface area contributed by atoms with Gasteiger partial charge in [-0.15, -0.1) is 0 Å². The highest BCUT2D eigenvalue weighted by atomic mass is 16.3. The Morgan fingerprint density at radius 2 is 2.11 bits per heavy atom. The van der Waals surface area contributed by atoms with Crippen LogP contribution in [0.1, 0.15) is 59.8 Å². The third kappa shape index (κ3) is 4.97. The summed E-state index contributed by atoms with van der Waals surface area (Å²) in [6.45, 7) is 9.90. The molecule has 0 spiro atoms. The second-order valence-electron chi connectivity index (χ2n) is 6.97. The molecule has 0 aromatic rings. The molecule has 18 heavy (non-hydrogen) atoms. The van der Waals surface area contributed by atoms with Crippen molar-refractivity contribution in [2.45, 2.75) is 65.8 Å². The van der Waals surface area contributed by atoms with Crippen LogP contribution in [0.15, 0.2) is 0 Å². The zero-order valence-corrected chi connectivity index (χ0v) is 12.4. The molecule has 1 N–H and O–H groups in total. The fourth-order valence-electron chi connectivity index (χ4n) is 3.15. The lowest BCUT2D eigenvalue weighted by Crippen LogP contribution is -2.37. The molecule has 1 fully saturated rings. The summed E-state index contributed by atoms with van der Waals surface area (Å²) in [6, 6.07) is 0.282. The predicted molar refractivity (Wildman–Crippen MR) is 74.3 cm³/mol. The lowest BCUT2D eigenvalue weighted by Gasteiger charge is -2.28. The van der Waals surface area contributed by atoms with E-state index in [-0.39, 0.29) is 24.0 Å². The minimum atomic E-state index is 0.186. The van der Waals surface area contributed by atoms with Gasteiger partial charge >= 0.3 is 0 Å². The number of aliphatic hydroxyl groups is 1. The van der Waals surface area contributed by atoms with Crippen molar-refractivity contribution in [2.75, 3.05) is 13.2 Å². The summed E-state index contributed by atoms with van der Waals surface area (Å²) in [5, 5.41) is 9.02. The molecule has 2 atom stereocenters. The first-order valence-corrected chi connectivity index (χ1v) is 7.24. The van der Waals surface area contributed by atoms with E-state index in [1.54, 1.807) is 0 Å². The van der Waals surface area contributed by atoms with Crippen LogP contribution in [0.4, 0.5) is 0 Å². The smallest absolute Gasteiger partial charge is 0.223 e. The maximum absolute atomic E-state index is 12.3. The maximum atomic E-state index is 12.3. The number of hydrogen-bond acceptors (Lipinski definition) is 2.